The van der Waals surface area contributed by atoms with Crippen LogP contribution < -0.4 is 9.64 Å². The van der Waals surface area contributed by atoms with Crippen LogP contribution in [0.1, 0.15) is 63.2 Å². The van der Waals surface area contributed by atoms with E-state index in [1.165, 1.54) is 62.8 Å². The van der Waals surface area contributed by atoms with Crippen LogP contribution in [-0.2, 0) is 4.79 Å². The lowest BCUT2D eigenvalue weighted by atomic mass is 9.72. The molecule has 1 aromatic carbocycles. The fourth-order valence-electron chi connectivity index (χ4n) is 8.64. The van der Waals surface area contributed by atoms with Crippen LogP contribution in [0.2, 0.25) is 0 Å². The maximum atomic E-state index is 14.3. The molecule has 5 aliphatic rings. The van der Waals surface area contributed by atoms with Gasteiger partial charge in [-0.2, -0.15) is 0 Å². The number of anilines is 1. The fraction of sp³-hybridized carbons (Fsp3) is 0.622. The van der Waals surface area contributed by atoms with Crippen LogP contribution >= 0.6 is 12.1 Å². The molecule has 5 fully saturated rings. The molecule has 0 radical (unpaired) electrons. The molecule has 5 aliphatic heterocycles. The first-order valence-electron chi connectivity index (χ1n) is 18.3. The molecule has 11 nitrogen and oxygen atoms in total. The van der Waals surface area contributed by atoms with Gasteiger partial charge in [-0.15, -0.1) is 0 Å². The first kappa shape index (κ1) is 35.2. The lowest BCUT2D eigenvalue weighted by Crippen LogP contribution is -2.61. The van der Waals surface area contributed by atoms with Crippen molar-refractivity contribution in [1.82, 2.24) is 33.3 Å². The van der Waals surface area contributed by atoms with Crippen molar-refractivity contribution in [2.45, 2.75) is 71.0 Å². The van der Waals surface area contributed by atoms with E-state index in [2.05, 4.69) is 35.0 Å². The Morgan fingerprint density at radius 1 is 1.12 bits per heavy atom. The third-order valence-corrected chi connectivity index (χ3v) is 12.8. The summed E-state index contributed by atoms with van der Waals surface area (Å²) >= 11 is 1.91. The molecule has 2 bridgehead atoms. The summed E-state index contributed by atoms with van der Waals surface area (Å²) in [6.07, 6.45) is 10.5. The maximum Gasteiger partial charge on any atom is 0.257 e. The topological polar surface area (TPSA) is 88.6 Å². The Morgan fingerprint density at radius 3 is 2.54 bits per heavy atom. The quantitative estimate of drug-likeness (QED) is 0.237. The summed E-state index contributed by atoms with van der Waals surface area (Å²) in [5.74, 6) is 1.55. The highest BCUT2D eigenvalue weighted by molar-refractivity contribution is 7.94. The van der Waals surface area contributed by atoms with Crippen LogP contribution in [0.25, 0.3) is 0 Å². The van der Waals surface area contributed by atoms with Crippen LogP contribution in [0, 0.1) is 17.2 Å². The van der Waals surface area contributed by atoms with Gasteiger partial charge in [-0.05, 0) is 96.2 Å². The van der Waals surface area contributed by atoms with E-state index in [0.717, 1.165) is 64.7 Å². The number of piperazine rings is 1. The van der Waals surface area contributed by atoms with Gasteiger partial charge in [-0.3, -0.25) is 9.59 Å². The van der Waals surface area contributed by atoms with E-state index in [1.54, 1.807) is 11.1 Å². The average Bonchev–Trinajstić information content (AvgIpc) is 3.70. The number of ether oxygens (including phenoxy) is 1. The van der Waals surface area contributed by atoms with Crippen LogP contribution in [0.5, 0.6) is 11.5 Å². The molecule has 1 aromatic heterocycles. The molecule has 2 amide bonds. The third kappa shape index (κ3) is 7.24. The van der Waals surface area contributed by atoms with E-state index >= 15 is 0 Å². The molecule has 0 saturated carbocycles. The van der Waals surface area contributed by atoms with Crippen LogP contribution in [0.4, 0.5) is 10.2 Å². The standard InChI is InChI=1S/C37H51FN8O3S/c1-5-34(47)45-21-30-18-29(45)22-46(30)50-43-13-9-27(10-14-43)20-41-15-11-37(12-16-41)23-42(24-37)35-33(19-39-25-40-35)49-32-8-7-28(38)17-31(32)36(48)44(6-2)26(3)4/h5,7-8,17,19,25-27,29-30H,1,6,9-16,18,20-24H2,2-4H3. The molecule has 7 rings (SSSR count). The van der Waals surface area contributed by atoms with Gasteiger partial charge in [0.2, 0.25) is 5.91 Å². The molecule has 0 N–H and O–H groups in total. The Kier molecular flexibility index (Phi) is 10.4. The highest BCUT2D eigenvalue weighted by Gasteiger charge is 2.47. The van der Waals surface area contributed by atoms with E-state index in [4.69, 9.17) is 4.74 Å². The second-order valence-electron chi connectivity index (χ2n) is 15.1. The number of hydrogen-bond acceptors (Lipinski definition) is 10. The van der Waals surface area contributed by atoms with E-state index in [9.17, 15) is 14.0 Å². The van der Waals surface area contributed by atoms with Crippen molar-refractivity contribution in [3.8, 4) is 11.5 Å². The number of hydrogen-bond donors (Lipinski definition) is 0. The van der Waals surface area contributed by atoms with Crippen molar-refractivity contribution in [2.75, 3.05) is 70.3 Å². The zero-order valence-electron chi connectivity index (χ0n) is 29.7. The average molecular weight is 707 g/mol. The zero-order valence-corrected chi connectivity index (χ0v) is 30.5. The second kappa shape index (κ2) is 14.8. The maximum absolute atomic E-state index is 14.3. The third-order valence-electron chi connectivity index (χ3n) is 11.5. The Hall–Kier alpha value is -3.26. The number of piperidine rings is 2. The summed E-state index contributed by atoms with van der Waals surface area (Å²) in [6.45, 7) is 19.3. The molecule has 2 atom stereocenters. The van der Waals surface area contributed by atoms with E-state index < -0.39 is 5.82 Å². The zero-order chi connectivity index (χ0) is 35.0. The number of carbonyl (C=O) groups excluding carboxylic acids is 2. The van der Waals surface area contributed by atoms with Crippen molar-refractivity contribution in [3.05, 3.63) is 54.8 Å². The lowest BCUT2D eigenvalue weighted by Gasteiger charge is -2.54. The summed E-state index contributed by atoms with van der Waals surface area (Å²) in [5, 5.41) is 0. The number of nitrogens with zero attached hydrogens (tertiary/aromatic N) is 8. The highest BCUT2D eigenvalue weighted by Crippen LogP contribution is 2.45. The molecule has 50 heavy (non-hydrogen) atoms. The monoisotopic (exact) mass is 706 g/mol. The fourth-order valence-corrected chi connectivity index (χ4v) is 9.83. The molecule has 6 heterocycles. The number of rotatable bonds is 11. The molecule has 0 aliphatic carbocycles. The summed E-state index contributed by atoms with van der Waals surface area (Å²) in [4.78, 5) is 42.9. The molecule has 5 saturated heterocycles. The highest BCUT2D eigenvalue weighted by atomic mass is 32.2. The molecule has 13 heteroatoms. The number of aromatic nitrogens is 2. The summed E-state index contributed by atoms with van der Waals surface area (Å²) in [7, 11) is 0. The molecular weight excluding hydrogens is 656 g/mol. The van der Waals surface area contributed by atoms with Gasteiger partial charge < -0.3 is 24.3 Å². The van der Waals surface area contributed by atoms with E-state index in [-0.39, 0.29) is 28.8 Å². The van der Waals surface area contributed by atoms with Crippen molar-refractivity contribution in [3.63, 3.8) is 0 Å². The molecule has 270 valence electrons. The molecule has 1 spiro atoms. The number of amides is 2. The Morgan fingerprint density at radius 2 is 1.88 bits per heavy atom. The Bertz CT molecular complexity index is 1550. The summed E-state index contributed by atoms with van der Waals surface area (Å²) in [6, 6.07) is 4.86. The summed E-state index contributed by atoms with van der Waals surface area (Å²) in [5.41, 5.74) is 0.468. The van der Waals surface area contributed by atoms with Crippen molar-refractivity contribution < 1.29 is 18.7 Å². The second-order valence-corrected chi connectivity index (χ2v) is 16.2. The smallest absolute Gasteiger partial charge is 0.257 e. The predicted molar refractivity (Wildman–Crippen MR) is 193 cm³/mol. The van der Waals surface area contributed by atoms with Gasteiger partial charge in [0.15, 0.2) is 11.6 Å². The van der Waals surface area contributed by atoms with Gasteiger partial charge >= 0.3 is 0 Å². The molecule has 2 aromatic rings. The number of halogens is 1. The van der Waals surface area contributed by atoms with Gasteiger partial charge in [0.1, 0.15) is 17.9 Å². The molecular formula is C37H51FN8O3S. The minimum Gasteiger partial charge on any atom is -0.451 e. The lowest BCUT2D eigenvalue weighted by molar-refractivity contribution is -0.127. The number of fused-ring (bicyclic) bond motifs is 2. The van der Waals surface area contributed by atoms with Crippen molar-refractivity contribution >= 4 is 29.8 Å². The number of benzene rings is 1. The van der Waals surface area contributed by atoms with Gasteiger partial charge in [-0.25, -0.2) is 23.0 Å². The predicted octanol–water partition coefficient (Wildman–Crippen LogP) is 4.93. The van der Waals surface area contributed by atoms with Crippen LogP contribution in [-0.4, -0.2) is 129 Å². The number of carbonyl (C=O) groups is 2. The first-order valence-corrected chi connectivity index (χ1v) is 19.1. The van der Waals surface area contributed by atoms with E-state index in [0.29, 0.717) is 35.9 Å². The number of likely N-dealkylation sites (tertiary alicyclic amines) is 2. The van der Waals surface area contributed by atoms with Gasteiger partial charge in [-0.1, -0.05) is 6.58 Å². The van der Waals surface area contributed by atoms with E-state index in [1.807, 2.05) is 37.8 Å². The first-order chi connectivity index (χ1) is 24.1. The largest absolute Gasteiger partial charge is 0.451 e. The van der Waals surface area contributed by atoms with Crippen molar-refractivity contribution in [2.24, 2.45) is 11.3 Å². The minimum atomic E-state index is -0.480. The van der Waals surface area contributed by atoms with Crippen LogP contribution in [0.15, 0.2) is 43.4 Å². The normalized spacial score (nSPS) is 24.2. The summed E-state index contributed by atoms with van der Waals surface area (Å²) < 4.78 is 25.6. The van der Waals surface area contributed by atoms with Crippen molar-refractivity contribution in [1.29, 1.82) is 0 Å². The Labute approximate surface area is 300 Å². The Balaban J connectivity index is 0.874. The van der Waals surface area contributed by atoms with Gasteiger partial charge in [0.05, 0.1) is 11.8 Å². The minimum absolute atomic E-state index is 0.0272. The van der Waals surface area contributed by atoms with Gasteiger partial charge in [0, 0.05) is 88.0 Å². The van der Waals surface area contributed by atoms with Gasteiger partial charge in [0.25, 0.3) is 5.91 Å². The van der Waals surface area contributed by atoms with Crippen LogP contribution in [0.3, 0.4) is 0 Å². The molecule has 2 unspecified atom stereocenters. The SMILES string of the molecule is C=CC(=O)N1CC2CC1CN2SN1CCC(CN2CCC3(CC2)CN(c2ncncc2Oc2ccc(F)cc2C(=O)N(CC)C(C)C)C3)CC1.